The van der Waals surface area contributed by atoms with E-state index in [9.17, 15) is 5.11 Å². The van der Waals surface area contributed by atoms with Crippen molar-refractivity contribution in [3.05, 3.63) is 35.9 Å². The quantitative estimate of drug-likeness (QED) is 0.649. The van der Waals surface area contributed by atoms with Gasteiger partial charge < -0.3 is 10.0 Å². The van der Waals surface area contributed by atoms with Crippen LogP contribution in [-0.2, 0) is 5.75 Å². The van der Waals surface area contributed by atoms with E-state index in [1.54, 1.807) is 30.6 Å². The summed E-state index contributed by atoms with van der Waals surface area (Å²) in [6.45, 7) is 1.70. The van der Waals surface area contributed by atoms with Crippen LogP contribution in [0.25, 0.3) is 0 Å². The molecule has 1 unspecified atom stereocenters. The molecule has 0 aromatic heterocycles. The molecule has 1 aromatic rings. The van der Waals surface area contributed by atoms with Crippen LogP contribution < -0.4 is 0 Å². The summed E-state index contributed by atoms with van der Waals surface area (Å²) >= 11 is 6.74. The van der Waals surface area contributed by atoms with Crippen molar-refractivity contribution in [2.75, 3.05) is 7.05 Å². The lowest BCUT2D eigenvalue weighted by Crippen LogP contribution is -2.31. The molecule has 0 saturated carbocycles. The molecule has 15 heavy (non-hydrogen) atoms. The highest BCUT2D eigenvalue weighted by Gasteiger charge is 2.09. The summed E-state index contributed by atoms with van der Waals surface area (Å²) in [7, 11) is 1.80. The Hall–Kier alpha value is -0.580. The molecule has 0 amide bonds. The number of aliphatic hydroxyl groups excluding tert-OH is 1. The Bertz CT molecular complexity index is 314. The standard InChI is InChI=1S/C11H15NOS2/c1-9(13)12(2)11(14)15-8-10-6-4-3-5-7-10/h3-7,9,13H,8H2,1-2H3. The van der Waals surface area contributed by atoms with E-state index in [4.69, 9.17) is 12.2 Å². The number of aliphatic hydroxyl groups is 1. The van der Waals surface area contributed by atoms with Crippen molar-refractivity contribution < 1.29 is 5.11 Å². The fourth-order valence-electron chi connectivity index (χ4n) is 0.974. The highest BCUT2D eigenvalue weighted by Crippen LogP contribution is 2.16. The summed E-state index contributed by atoms with van der Waals surface area (Å²) in [5, 5.41) is 9.31. The van der Waals surface area contributed by atoms with Crippen molar-refractivity contribution in [2.24, 2.45) is 0 Å². The fourth-order valence-corrected chi connectivity index (χ4v) is 2.14. The number of benzene rings is 1. The first kappa shape index (κ1) is 12.5. The van der Waals surface area contributed by atoms with Crippen LogP contribution in [0.15, 0.2) is 30.3 Å². The number of thiocarbonyl (C=S) groups is 1. The minimum atomic E-state index is -0.527. The highest BCUT2D eigenvalue weighted by atomic mass is 32.2. The van der Waals surface area contributed by atoms with Gasteiger partial charge in [-0.15, -0.1) is 0 Å². The second kappa shape index (κ2) is 6.10. The zero-order valence-corrected chi connectivity index (χ0v) is 10.5. The molecular formula is C11H15NOS2. The minimum Gasteiger partial charge on any atom is -0.374 e. The Morgan fingerprint density at radius 2 is 2.07 bits per heavy atom. The number of hydrogen-bond acceptors (Lipinski definition) is 3. The van der Waals surface area contributed by atoms with Crippen molar-refractivity contribution in [1.82, 2.24) is 4.90 Å². The molecule has 0 radical (unpaired) electrons. The molecule has 1 N–H and O–H groups in total. The van der Waals surface area contributed by atoms with Crippen LogP contribution in [0.5, 0.6) is 0 Å². The van der Waals surface area contributed by atoms with Crippen molar-refractivity contribution >= 4 is 28.3 Å². The monoisotopic (exact) mass is 241 g/mol. The molecule has 0 fully saturated rings. The highest BCUT2D eigenvalue weighted by molar-refractivity contribution is 8.22. The molecule has 0 bridgehead atoms. The van der Waals surface area contributed by atoms with Crippen molar-refractivity contribution in [2.45, 2.75) is 18.9 Å². The number of rotatable bonds is 3. The Kier molecular flexibility index (Phi) is 5.08. The van der Waals surface area contributed by atoms with E-state index in [0.29, 0.717) is 4.32 Å². The number of nitrogens with zero attached hydrogens (tertiary/aromatic N) is 1. The first-order valence-corrected chi connectivity index (χ1v) is 6.12. The molecule has 1 atom stereocenters. The molecule has 0 heterocycles. The third-order valence-corrected chi connectivity index (χ3v) is 3.71. The van der Waals surface area contributed by atoms with Crippen molar-refractivity contribution in [3.63, 3.8) is 0 Å². The first-order chi connectivity index (χ1) is 7.11. The normalized spacial score (nSPS) is 12.2. The van der Waals surface area contributed by atoms with Gasteiger partial charge in [0.15, 0.2) is 0 Å². The van der Waals surface area contributed by atoms with E-state index in [2.05, 4.69) is 12.1 Å². The Labute approximate surface area is 100 Å². The molecular weight excluding hydrogens is 226 g/mol. The Balaban J connectivity index is 2.41. The zero-order chi connectivity index (χ0) is 11.3. The fraction of sp³-hybridized carbons (Fsp3) is 0.364. The van der Waals surface area contributed by atoms with Crippen LogP contribution >= 0.6 is 24.0 Å². The predicted octanol–water partition coefficient (Wildman–Crippen LogP) is 2.47. The molecule has 0 aliphatic carbocycles. The summed E-state index contributed by atoms with van der Waals surface area (Å²) in [5.41, 5.74) is 1.24. The second-order valence-electron chi connectivity index (χ2n) is 3.28. The topological polar surface area (TPSA) is 23.5 Å². The lowest BCUT2D eigenvalue weighted by atomic mass is 10.2. The van der Waals surface area contributed by atoms with Gasteiger partial charge in [-0.2, -0.15) is 0 Å². The van der Waals surface area contributed by atoms with Crippen molar-refractivity contribution in [1.29, 1.82) is 0 Å². The maximum atomic E-state index is 9.31. The Morgan fingerprint density at radius 3 is 2.60 bits per heavy atom. The van der Waals surface area contributed by atoms with E-state index >= 15 is 0 Å². The average molecular weight is 241 g/mol. The van der Waals surface area contributed by atoms with Gasteiger partial charge in [-0.1, -0.05) is 54.3 Å². The molecule has 82 valence electrons. The first-order valence-electron chi connectivity index (χ1n) is 4.73. The number of thioether (sulfide) groups is 1. The second-order valence-corrected chi connectivity index (χ2v) is 4.89. The van der Waals surface area contributed by atoms with Crippen LogP contribution in [0.3, 0.4) is 0 Å². The maximum Gasteiger partial charge on any atom is 0.138 e. The van der Waals surface area contributed by atoms with Gasteiger partial charge in [-0.25, -0.2) is 0 Å². The largest absolute Gasteiger partial charge is 0.374 e. The van der Waals surface area contributed by atoms with Crippen LogP contribution in [0, 0.1) is 0 Å². The molecule has 1 rings (SSSR count). The van der Waals surface area contributed by atoms with Crippen molar-refractivity contribution in [3.8, 4) is 0 Å². The van der Waals surface area contributed by atoms with Gasteiger partial charge in [0.05, 0.1) is 0 Å². The third-order valence-electron chi connectivity index (χ3n) is 2.05. The predicted molar refractivity (Wildman–Crippen MR) is 69.8 cm³/mol. The van der Waals surface area contributed by atoms with E-state index in [1.165, 1.54) is 5.56 Å². The minimum absolute atomic E-state index is 0.527. The van der Waals surface area contributed by atoms with E-state index in [-0.39, 0.29) is 0 Å². The third kappa shape index (κ3) is 4.20. The molecule has 4 heteroatoms. The summed E-state index contributed by atoms with van der Waals surface area (Å²) < 4.78 is 0.717. The van der Waals surface area contributed by atoms with Gasteiger partial charge in [0, 0.05) is 12.8 Å². The molecule has 2 nitrogen and oxygen atoms in total. The summed E-state index contributed by atoms with van der Waals surface area (Å²) in [6, 6.07) is 10.2. The van der Waals surface area contributed by atoms with Crippen LogP contribution in [0.1, 0.15) is 12.5 Å². The molecule has 0 aliphatic rings. The van der Waals surface area contributed by atoms with E-state index in [1.807, 2.05) is 18.2 Å². The summed E-state index contributed by atoms with van der Waals surface area (Å²) in [6.07, 6.45) is -0.527. The van der Waals surface area contributed by atoms with Crippen LogP contribution in [-0.4, -0.2) is 27.6 Å². The lowest BCUT2D eigenvalue weighted by Gasteiger charge is -2.22. The molecule has 0 aliphatic heterocycles. The Morgan fingerprint density at radius 1 is 1.47 bits per heavy atom. The molecule has 0 saturated heterocycles. The zero-order valence-electron chi connectivity index (χ0n) is 8.88. The van der Waals surface area contributed by atoms with Gasteiger partial charge in [-0.05, 0) is 12.5 Å². The van der Waals surface area contributed by atoms with Gasteiger partial charge >= 0.3 is 0 Å². The van der Waals surface area contributed by atoms with E-state index in [0.717, 1.165) is 5.75 Å². The number of hydrogen-bond donors (Lipinski definition) is 1. The van der Waals surface area contributed by atoms with Gasteiger partial charge in [0.25, 0.3) is 0 Å². The summed E-state index contributed by atoms with van der Waals surface area (Å²) in [4.78, 5) is 1.68. The van der Waals surface area contributed by atoms with Crippen LogP contribution in [0.4, 0.5) is 0 Å². The average Bonchev–Trinajstić information content (AvgIpc) is 2.26. The lowest BCUT2D eigenvalue weighted by molar-refractivity contribution is 0.0916. The van der Waals surface area contributed by atoms with Gasteiger partial charge in [0.2, 0.25) is 0 Å². The summed E-state index contributed by atoms with van der Waals surface area (Å²) in [5.74, 6) is 0.844. The van der Waals surface area contributed by atoms with Crippen LogP contribution in [0.2, 0.25) is 0 Å². The smallest absolute Gasteiger partial charge is 0.138 e. The van der Waals surface area contributed by atoms with E-state index < -0.39 is 6.23 Å². The SMILES string of the molecule is CC(O)N(C)C(=S)SCc1ccccc1. The van der Waals surface area contributed by atoms with Gasteiger partial charge in [-0.3, -0.25) is 0 Å². The maximum absolute atomic E-state index is 9.31. The molecule has 0 spiro atoms. The molecule has 1 aromatic carbocycles. The van der Waals surface area contributed by atoms with Gasteiger partial charge in [0.1, 0.15) is 10.5 Å².